The molecule has 2 aromatic rings. The maximum absolute atomic E-state index is 13.1. The zero-order chi connectivity index (χ0) is 15.7. The van der Waals surface area contributed by atoms with Crippen molar-refractivity contribution in [1.82, 2.24) is 0 Å². The zero-order valence-electron chi connectivity index (χ0n) is 11.9. The first kappa shape index (κ1) is 15.5. The first-order chi connectivity index (χ1) is 10.6. The number of hydrogen-bond acceptors (Lipinski definition) is 3. The van der Waals surface area contributed by atoms with E-state index >= 15 is 0 Å². The molecule has 0 radical (unpaired) electrons. The van der Waals surface area contributed by atoms with Gasteiger partial charge in [0.15, 0.2) is 5.60 Å². The van der Waals surface area contributed by atoms with Crippen molar-refractivity contribution in [2.24, 2.45) is 0 Å². The zero-order valence-corrected chi connectivity index (χ0v) is 13.4. The van der Waals surface area contributed by atoms with Gasteiger partial charge in [-0.25, -0.2) is 0 Å². The number of carbonyl (C=O) groups excluding carboxylic acids is 1. The Balaban J connectivity index is 2.08. The van der Waals surface area contributed by atoms with Crippen molar-refractivity contribution in [1.29, 1.82) is 0 Å². The summed E-state index contributed by atoms with van der Waals surface area (Å²) in [5.41, 5.74) is -0.0642. The number of carbonyl (C=O) groups is 1. The second kappa shape index (κ2) is 6.01. The van der Waals surface area contributed by atoms with Crippen LogP contribution in [0.15, 0.2) is 48.5 Å². The van der Waals surface area contributed by atoms with Crippen LogP contribution in [0.25, 0.3) is 0 Å². The molecule has 1 aliphatic rings. The molecular formula is C17H14Cl2O3. The van der Waals surface area contributed by atoms with Crippen molar-refractivity contribution < 1.29 is 14.3 Å². The number of Topliss-reactive ketones (excluding diaryl/α,β-unsaturated/α-hetero) is 1. The minimum atomic E-state index is -1.13. The van der Waals surface area contributed by atoms with Gasteiger partial charge in [-0.15, -0.1) is 0 Å². The summed E-state index contributed by atoms with van der Waals surface area (Å²) in [6.07, 6.45) is -0.374. The summed E-state index contributed by atoms with van der Waals surface area (Å²) in [6, 6.07) is 14.1. The van der Waals surface area contributed by atoms with Gasteiger partial charge in [-0.05, 0) is 18.2 Å². The Morgan fingerprint density at radius 2 is 1.77 bits per heavy atom. The highest BCUT2D eigenvalue weighted by atomic mass is 35.5. The van der Waals surface area contributed by atoms with E-state index in [4.69, 9.17) is 32.7 Å². The third-order valence-electron chi connectivity index (χ3n) is 3.77. The molecule has 3 nitrogen and oxygen atoms in total. The van der Waals surface area contributed by atoms with E-state index in [0.29, 0.717) is 27.8 Å². The van der Waals surface area contributed by atoms with Crippen molar-refractivity contribution >= 4 is 29.0 Å². The lowest BCUT2D eigenvalue weighted by atomic mass is 9.87. The maximum Gasteiger partial charge on any atom is 0.203 e. The first-order valence-electron chi connectivity index (χ1n) is 6.82. The molecule has 0 bridgehead atoms. The number of ketones is 1. The first-order valence-corrected chi connectivity index (χ1v) is 7.58. The Labute approximate surface area is 138 Å². The van der Waals surface area contributed by atoms with Gasteiger partial charge in [0, 0.05) is 23.3 Å². The highest BCUT2D eigenvalue weighted by Gasteiger charge is 2.64. The number of epoxide rings is 1. The Bertz CT molecular complexity index is 717. The van der Waals surface area contributed by atoms with Gasteiger partial charge < -0.3 is 9.47 Å². The van der Waals surface area contributed by atoms with E-state index in [9.17, 15) is 4.79 Å². The van der Waals surface area contributed by atoms with Gasteiger partial charge in [-0.3, -0.25) is 4.79 Å². The molecule has 0 aliphatic carbocycles. The van der Waals surface area contributed by atoms with E-state index in [-0.39, 0.29) is 11.9 Å². The molecule has 0 aromatic heterocycles. The summed E-state index contributed by atoms with van der Waals surface area (Å²) in [5, 5.41) is 0.882. The largest absolute Gasteiger partial charge is 0.382 e. The molecule has 3 rings (SSSR count). The summed E-state index contributed by atoms with van der Waals surface area (Å²) in [4.78, 5) is 13.1. The van der Waals surface area contributed by atoms with Gasteiger partial charge in [-0.2, -0.15) is 0 Å². The molecule has 114 valence electrons. The number of rotatable bonds is 5. The summed E-state index contributed by atoms with van der Waals surface area (Å²) in [5.74, 6) is -0.201. The Morgan fingerprint density at radius 1 is 1.14 bits per heavy atom. The van der Waals surface area contributed by atoms with E-state index in [1.165, 1.54) is 0 Å². The quantitative estimate of drug-likeness (QED) is 0.609. The van der Waals surface area contributed by atoms with Crippen LogP contribution in [0.1, 0.15) is 15.9 Å². The minimum absolute atomic E-state index is 0.201. The molecule has 1 heterocycles. The van der Waals surface area contributed by atoms with E-state index < -0.39 is 5.60 Å². The SMILES string of the molecule is COCC1OC1(C(=O)c1ccccc1Cl)c1ccccc1Cl. The van der Waals surface area contributed by atoms with Gasteiger partial charge in [-0.1, -0.05) is 53.5 Å². The average Bonchev–Trinajstić information content (AvgIpc) is 3.23. The highest BCUT2D eigenvalue weighted by molar-refractivity contribution is 6.35. The molecule has 0 saturated carbocycles. The van der Waals surface area contributed by atoms with Crippen LogP contribution in [0.4, 0.5) is 0 Å². The molecule has 0 N–H and O–H groups in total. The fraction of sp³-hybridized carbons (Fsp3) is 0.235. The molecule has 2 atom stereocenters. The number of methoxy groups -OCH3 is 1. The number of benzene rings is 2. The smallest absolute Gasteiger partial charge is 0.203 e. The van der Waals surface area contributed by atoms with Crippen LogP contribution in [0.5, 0.6) is 0 Å². The van der Waals surface area contributed by atoms with Crippen LogP contribution >= 0.6 is 23.2 Å². The van der Waals surface area contributed by atoms with Crippen molar-refractivity contribution in [2.45, 2.75) is 11.7 Å². The van der Waals surface area contributed by atoms with Crippen LogP contribution in [-0.2, 0) is 15.1 Å². The molecule has 1 aliphatic heterocycles. The lowest BCUT2D eigenvalue weighted by Gasteiger charge is -2.15. The van der Waals surface area contributed by atoms with E-state index in [0.717, 1.165) is 0 Å². The Kier molecular flexibility index (Phi) is 4.24. The standard InChI is InChI=1S/C17H14Cl2O3/c1-21-10-15-17(22-15,12-7-3-5-9-14(12)19)16(20)11-6-2-4-8-13(11)18/h2-9,15H,10H2,1H3. The predicted octanol–water partition coefficient (Wildman–Crippen LogP) is 4.12. The van der Waals surface area contributed by atoms with Crippen LogP contribution in [0, 0.1) is 0 Å². The van der Waals surface area contributed by atoms with Crippen molar-refractivity contribution in [3.05, 3.63) is 69.7 Å². The highest BCUT2D eigenvalue weighted by Crippen LogP contribution is 2.51. The monoisotopic (exact) mass is 336 g/mol. The van der Waals surface area contributed by atoms with Gasteiger partial charge in [0.2, 0.25) is 5.78 Å². The van der Waals surface area contributed by atoms with E-state index in [1.54, 1.807) is 43.5 Å². The molecule has 0 spiro atoms. The number of hydrogen-bond donors (Lipinski definition) is 0. The molecule has 2 aromatic carbocycles. The molecule has 5 heteroatoms. The van der Waals surface area contributed by atoms with Gasteiger partial charge >= 0.3 is 0 Å². The normalized spacial score (nSPS) is 23.3. The van der Waals surface area contributed by atoms with Crippen LogP contribution in [-0.4, -0.2) is 25.6 Å². The second-order valence-corrected chi connectivity index (χ2v) is 5.90. The van der Waals surface area contributed by atoms with Crippen LogP contribution in [0.3, 0.4) is 0 Å². The average molecular weight is 337 g/mol. The second-order valence-electron chi connectivity index (χ2n) is 5.09. The number of ether oxygens (including phenoxy) is 2. The fourth-order valence-electron chi connectivity index (χ4n) is 2.66. The topological polar surface area (TPSA) is 38.8 Å². The Morgan fingerprint density at radius 3 is 2.41 bits per heavy atom. The van der Waals surface area contributed by atoms with Gasteiger partial charge in [0.25, 0.3) is 0 Å². The summed E-state index contributed by atoms with van der Waals surface area (Å²) >= 11 is 12.4. The molecule has 1 saturated heterocycles. The third kappa shape index (κ3) is 2.44. The third-order valence-corrected chi connectivity index (χ3v) is 4.43. The van der Waals surface area contributed by atoms with Crippen molar-refractivity contribution in [2.75, 3.05) is 13.7 Å². The molecule has 1 fully saturated rings. The predicted molar refractivity (Wildman–Crippen MR) is 85.7 cm³/mol. The van der Waals surface area contributed by atoms with Crippen LogP contribution in [0.2, 0.25) is 10.0 Å². The Hall–Kier alpha value is -1.39. The maximum atomic E-state index is 13.1. The van der Waals surface area contributed by atoms with Crippen LogP contribution < -0.4 is 0 Å². The fourth-order valence-corrected chi connectivity index (χ4v) is 3.16. The van der Waals surface area contributed by atoms with E-state index in [1.807, 2.05) is 12.1 Å². The summed E-state index contributed by atoms with van der Waals surface area (Å²) in [7, 11) is 1.57. The molecular weight excluding hydrogens is 323 g/mol. The van der Waals surface area contributed by atoms with Crippen molar-refractivity contribution in [3.8, 4) is 0 Å². The van der Waals surface area contributed by atoms with Gasteiger partial charge in [0.1, 0.15) is 6.10 Å². The molecule has 2 unspecified atom stereocenters. The number of halogens is 2. The van der Waals surface area contributed by atoms with Gasteiger partial charge in [0.05, 0.1) is 11.6 Å². The molecule has 22 heavy (non-hydrogen) atoms. The lowest BCUT2D eigenvalue weighted by Crippen LogP contribution is -2.27. The lowest BCUT2D eigenvalue weighted by molar-refractivity contribution is 0.0871. The van der Waals surface area contributed by atoms with Crippen molar-refractivity contribution in [3.63, 3.8) is 0 Å². The summed E-state index contributed by atoms with van der Waals surface area (Å²) < 4.78 is 10.9. The van der Waals surface area contributed by atoms with E-state index in [2.05, 4.69) is 0 Å². The summed E-state index contributed by atoms with van der Waals surface area (Å²) in [6.45, 7) is 0.307. The minimum Gasteiger partial charge on any atom is -0.382 e. The molecule has 0 amide bonds.